The lowest BCUT2D eigenvalue weighted by molar-refractivity contribution is 1.16. The van der Waals surface area contributed by atoms with Crippen molar-refractivity contribution in [2.24, 2.45) is 10.7 Å². The smallest absolute Gasteiger partial charge is 0.127 e. The number of aliphatic imine (C=N–C) groups is 1. The number of rotatable bonds is 1. The summed E-state index contributed by atoms with van der Waals surface area (Å²) in [5.41, 5.74) is 8.69. The molecule has 0 radical (unpaired) electrons. The summed E-state index contributed by atoms with van der Waals surface area (Å²) in [6, 6.07) is 1.99. The molecule has 0 atom stereocenters. The van der Waals surface area contributed by atoms with E-state index in [2.05, 4.69) is 9.98 Å². The summed E-state index contributed by atoms with van der Waals surface area (Å²) in [6.07, 6.45) is 1.76. The molecule has 0 amide bonds. The molecule has 1 aromatic heterocycles. The fourth-order valence-electron chi connectivity index (χ4n) is 1.09. The Bertz CT molecular complexity index is 316. The summed E-state index contributed by atoms with van der Waals surface area (Å²) in [6.45, 7) is 3.96. The van der Waals surface area contributed by atoms with Crippen molar-refractivity contribution >= 4 is 5.84 Å². The second-order valence-electron chi connectivity index (χ2n) is 2.75. The van der Waals surface area contributed by atoms with Crippen molar-refractivity contribution < 1.29 is 0 Å². The van der Waals surface area contributed by atoms with E-state index in [-0.39, 0.29) is 0 Å². The van der Waals surface area contributed by atoms with Gasteiger partial charge in [0.15, 0.2) is 0 Å². The number of amidine groups is 1. The quantitative estimate of drug-likeness (QED) is 0.496. The van der Waals surface area contributed by atoms with Crippen molar-refractivity contribution in [3.63, 3.8) is 0 Å². The van der Waals surface area contributed by atoms with E-state index < -0.39 is 0 Å². The lowest BCUT2D eigenvalue weighted by atomic mass is 10.1. The van der Waals surface area contributed by atoms with Gasteiger partial charge in [-0.2, -0.15) is 0 Å². The molecule has 0 saturated heterocycles. The molecule has 0 fully saturated rings. The summed E-state index contributed by atoms with van der Waals surface area (Å²) < 4.78 is 0. The molecule has 64 valence electrons. The minimum Gasteiger partial charge on any atom is -0.383 e. The summed E-state index contributed by atoms with van der Waals surface area (Å²) in [5, 5.41) is 0. The SMILES string of the molecule is C/N=C(/N)c1cnc(C)cc1C. The predicted octanol–water partition coefficient (Wildman–Crippen LogP) is 1.03. The zero-order chi connectivity index (χ0) is 9.14. The molecular weight excluding hydrogens is 150 g/mol. The zero-order valence-electron chi connectivity index (χ0n) is 7.63. The Hall–Kier alpha value is -1.38. The second kappa shape index (κ2) is 3.34. The van der Waals surface area contributed by atoms with Crippen LogP contribution in [0.2, 0.25) is 0 Å². The van der Waals surface area contributed by atoms with Gasteiger partial charge in [-0.1, -0.05) is 0 Å². The number of nitrogens with zero attached hydrogens (tertiary/aromatic N) is 2. The molecule has 0 aromatic carbocycles. The predicted molar refractivity (Wildman–Crippen MR) is 50.4 cm³/mol. The Morgan fingerprint density at radius 2 is 2.17 bits per heavy atom. The fourth-order valence-corrected chi connectivity index (χ4v) is 1.09. The molecule has 3 nitrogen and oxygen atoms in total. The third-order valence-corrected chi connectivity index (χ3v) is 1.76. The first-order valence-electron chi connectivity index (χ1n) is 3.81. The first-order chi connectivity index (χ1) is 5.65. The van der Waals surface area contributed by atoms with Crippen molar-refractivity contribution in [3.8, 4) is 0 Å². The van der Waals surface area contributed by atoms with Crippen LogP contribution in [-0.2, 0) is 0 Å². The van der Waals surface area contributed by atoms with Gasteiger partial charge >= 0.3 is 0 Å². The number of nitrogens with two attached hydrogens (primary N) is 1. The van der Waals surface area contributed by atoms with Gasteiger partial charge in [0.25, 0.3) is 0 Å². The first-order valence-corrected chi connectivity index (χ1v) is 3.81. The van der Waals surface area contributed by atoms with Crippen LogP contribution in [0.5, 0.6) is 0 Å². The average molecular weight is 163 g/mol. The molecule has 1 rings (SSSR count). The molecule has 3 heteroatoms. The maximum atomic E-state index is 5.66. The highest BCUT2D eigenvalue weighted by Gasteiger charge is 2.01. The molecule has 2 N–H and O–H groups in total. The average Bonchev–Trinajstić information content (AvgIpc) is 2.03. The van der Waals surface area contributed by atoms with Gasteiger partial charge in [0.1, 0.15) is 5.84 Å². The van der Waals surface area contributed by atoms with Crippen LogP contribution in [0.1, 0.15) is 16.8 Å². The highest BCUT2D eigenvalue weighted by Crippen LogP contribution is 2.06. The Morgan fingerprint density at radius 1 is 1.50 bits per heavy atom. The van der Waals surface area contributed by atoms with Gasteiger partial charge in [0.2, 0.25) is 0 Å². The summed E-state index contributed by atoms with van der Waals surface area (Å²) in [4.78, 5) is 8.05. The molecule has 1 heterocycles. The topological polar surface area (TPSA) is 51.3 Å². The number of aromatic nitrogens is 1. The second-order valence-corrected chi connectivity index (χ2v) is 2.75. The number of hydrogen-bond acceptors (Lipinski definition) is 2. The van der Waals surface area contributed by atoms with E-state index in [4.69, 9.17) is 5.73 Å². The molecule has 12 heavy (non-hydrogen) atoms. The summed E-state index contributed by atoms with van der Waals surface area (Å²) in [7, 11) is 1.68. The van der Waals surface area contributed by atoms with Gasteiger partial charge in [-0.3, -0.25) is 9.98 Å². The molecule has 1 aromatic rings. The van der Waals surface area contributed by atoms with Crippen molar-refractivity contribution in [1.82, 2.24) is 4.98 Å². The van der Waals surface area contributed by atoms with Crippen LogP contribution in [0.25, 0.3) is 0 Å². The van der Waals surface area contributed by atoms with E-state index in [0.717, 1.165) is 16.8 Å². The van der Waals surface area contributed by atoms with Gasteiger partial charge in [-0.15, -0.1) is 0 Å². The molecule has 0 unspecified atom stereocenters. The highest BCUT2D eigenvalue weighted by molar-refractivity contribution is 5.98. The summed E-state index contributed by atoms with van der Waals surface area (Å²) in [5.74, 6) is 0.542. The Kier molecular flexibility index (Phi) is 2.43. The molecule has 0 bridgehead atoms. The van der Waals surface area contributed by atoms with Gasteiger partial charge in [-0.25, -0.2) is 0 Å². The largest absolute Gasteiger partial charge is 0.383 e. The van der Waals surface area contributed by atoms with Crippen LogP contribution >= 0.6 is 0 Å². The Balaban J connectivity index is 3.18. The van der Waals surface area contributed by atoms with Gasteiger partial charge in [-0.05, 0) is 25.5 Å². The molecule has 0 spiro atoms. The third-order valence-electron chi connectivity index (χ3n) is 1.76. The monoisotopic (exact) mass is 163 g/mol. The molecular formula is C9H13N3. The summed E-state index contributed by atoms with van der Waals surface area (Å²) >= 11 is 0. The standard InChI is InChI=1S/C9H13N3/c1-6-4-7(2)12-5-8(6)9(10)11-3/h4-5H,1-3H3,(H2,10,11). The van der Waals surface area contributed by atoms with Crippen molar-refractivity contribution in [2.45, 2.75) is 13.8 Å². The van der Waals surface area contributed by atoms with Crippen LogP contribution in [0, 0.1) is 13.8 Å². The third kappa shape index (κ3) is 1.61. The number of aryl methyl sites for hydroxylation is 2. The van der Waals surface area contributed by atoms with Crippen LogP contribution < -0.4 is 5.73 Å². The normalized spacial score (nSPS) is 11.8. The lowest BCUT2D eigenvalue weighted by Crippen LogP contribution is -2.15. The maximum absolute atomic E-state index is 5.66. The fraction of sp³-hybridized carbons (Fsp3) is 0.333. The van der Waals surface area contributed by atoms with Crippen molar-refractivity contribution in [3.05, 3.63) is 29.1 Å². The Morgan fingerprint density at radius 3 is 2.67 bits per heavy atom. The Labute approximate surface area is 72.3 Å². The van der Waals surface area contributed by atoms with E-state index in [1.54, 1.807) is 13.2 Å². The maximum Gasteiger partial charge on any atom is 0.127 e. The molecule has 0 aliphatic rings. The minimum absolute atomic E-state index is 0.542. The highest BCUT2D eigenvalue weighted by atomic mass is 14.8. The number of hydrogen-bond donors (Lipinski definition) is 1. The van der Waals surface area contributed by atoms with E-state index in [1.807, 2.05) is 19.9 Å². The first kappa shape index (κ1) is 8.71. The molecule has 0 aliphatic heterocycles. The minimum atomic E-state index is 0.542. The van der Waals surface area contributed by atoms with Gasteiger partial charge in [0.05, 0.1) is 0 Å². The number of pyridine rings is 1. The van der Waals surface area contributed by atoms with Crippen molar-refractivity contribution in [1.29, 1.82) is 0 Å². The molecule has 0 aliphatic carbocycles. The van der Waals surface area contributed by atoms with Crippen LogP contribution in [0.4, 0.5) is 0 Å². The van der Waals surface area contributed by atoms with Gasteiger partial charge in [0, 0.05) is 24.5 Å². The van der Waals surface area contributed by atoms with Crippen LogP contribution in [0.15, 0.2) is 17.3 Å². The van der Waals surface area contributed by atoms with E-state index >= 15 is 0 Å². The lowest BCUT2D eigenvalue weighted by Gasteiger charge is -2.03. The van der Waals surface area contributed by atoms with E-state index in [0.29, 0.717) is 5.84 Å². The molecule has 0 saturated carbocycles. The zero-order valence-corrected chi connectivity index (χ0v) is 7.63. The van der Waals surface area contributed by atoms with E-state index in [1.165, 1.54) is 0 Å². The van der Waals surface area contributed by atoms with Gasteiger partial charge < -0.3 is 5.73 Å². The van der Waals surface area contributed by atoms with E-state index in [9.17, 15) is 0 Å². The van der Waals surface area contributed by atoms with Crippen molar-refractivity contribution in [2.75, 3.05) is 7.05 Å². The van der Waals surface area contributed by atoms with Crippen LogP contribution in [0.3, 0.4) is 0 Å². The van der Waals surface area contributed by atoms with Crippen LogP contribution in [-0.4, -0.2) is 17.9 Å².